The molecule has 0 aromatic heterocycles. The standard InChI is InChI=1S/C14H21NO/c1-2-14(16)13-7-5-6-12(10-13)11-15-8-3-4-9-15/h5-7,10,14,16H,2-4,8-9,11H2,1H3. The van der Waals surface area contributed by atoms with Gasteiger partial charge in [-0.3, -0.25) is 4.90 Å². The summed E-state index contributed by atoms with van der Waals surface area (Å²) in [4.78, 5) is 2.48. The molecule has 2 nitrogen and oxygen atoms in total. The molecule has 1 fully saturated rings. The van der Waals surface area contributed by atoms with Crippen molar-refractivity contribution in [1.82, 2.24) is 4.90 Å². The van der Waals surface area contributed by atoms with E-state index in [0.29, 0.717) is 0 Å². The second-order valence-corrected chi connectivity index (χ2v) is 4.65. The molecule has 1 saturated heterocycles. The van der Waals surface area contributed by atoms with Crippen LogP contribution in [0.15, 0.2) is 24.3 Å². The average molecular weight is 219 g/mol. The minimum atomic E-state index is -0.307. The van der Waals surface area contributed by atoms with Gasteiger partial charge in [-0.2, -0.15) is 0 Å². The number of hydrogen-bond donors (Lipinski definition) is 1. The summed E-state index contributed by atoms with van der Waals surface area (Å²) in [5, 5.41) is 9.80. The second kappa shape index (κ2) is 5.46. The van der Waals surface area contributed by atoms with Gasteiger partial charge in [-0.25, -0.2) is 0 Å². The molecule has 0 radical (unpaired) electrons. The number of nitrogens with zero attached hydrogens (tertiary/aromatic N) is 1. The van der Waals surface area contributed by atoms with E-state index in [1.54, 1.807) is 0 Å². The van der Waals surface area contributed by atoms with Crippen LogP contribution >= 0.6 is 0 Å². The Hall–Kier alpha value is -0.860. The average Bonchev–Trinajstić information content (AvgIpc) is 2.81. The lowest BCUT2D eigenvalue weighted by atomic mass is 10.0. The highest BCUT2D eigenvalue weighted by Crippen LogP contribution is 2.19. The van der Waals surface area contributed by atoms with E-state index in [0.717, 1.165) is 18.5 Å². The molecule has 2 heteroatoms. The van der Waals surface area contributed by atoms with Crippen LogP contribution in [0.4, 0.5) is 0 Å². The summed E-state index contributed by atoms with van der Waals surface area (Å²) in [5.41, 5.74) is 2.38. The zero-order chi connectivity index (χ0) is 11.4. The lowest BCUT2D eigenvalue weighted by Crippen LogP contribution is -2.18. The Morgan fingerprint density at radius 2 is 2.06 bits per heavy atom. The van der Waals surface area contributed by atoms with Crippen molar-refractivity contribution in [3.8, 4) is 0 Å². The van der Waals surface area contributed by atoms with E-state index in [9.17, 15) is 5.11 Å². The summed E-state index contributed by atoms with van der Waals surface area (Å²) in [6.45, 7) is 5.49. The van der Waals surface area contributed by atoms with Crippen molar-refractivity contribution < 1.29 is 5.11 Å². The molecule has 0 spiro atoms. The van der Waals surface area contributed by atoms with Crippen LogP contribution in [0.3, 0.4) is 0 Å². The van der Waals surface area contributed by atoms with Gasteiger partial charge < -0.3 is 5.11 Å². The van der Waals surface area contributed by atoms with Gasteiger partial charge in [0.25, 0.3) is 0 Å². The summed E-state index contributed by atoms with van der Waals surface area (Å²) in [7, 11) is 0. The van der Waals surface area contributed by atoms with Gasteiger partial charge in [0.1, 0.15) is 0 Å². The molecule has 1 aromatic rings. The van der Waals surface area contributed by atoms with Crippen LogP contribution < -0.4 is 0 Å². The van der Waals surface area contributed by atoms with Crippen molar-refractivity contribution in [2.24, 2.45) is 0 Å². The Bertz CT molecular complexity index is 331. The van der Waals surface area contributed by atoms with E-state index >= 15 is 0 Å². The lowest BCUT2D eigenvalue weighted by Gasteiger charge is -2.16. The first-order chi connectivity index (χ1) is 7.79. The molecule has 1 atom stereocenters. The Labute approximate surface area is 97.9 Å². The number of aliphatic hydroxyl groups excluding tert-OH is 1. The van der Waals surface area contributed by atoms with Crippen molar-refractivity contribution in [1.29, 1.82) is 0 Å². The van der Waals surface area contributed by atoms with Gasteiger partial charge in [0.2, 0.25) is 0 Å². The van der Waals surface area contributed by atoms with E-state index in [1.807, 2.05) is 13.0 Å². The first-order valence-corrected chi connectivity index (χ1v) is 6.29. The number of benzene rings is 1. The first kappa shape index (κ1) is 11.6. The molecular weight excluding hydrogens is 198 g/mol. The fraction of sp³-hybridized carbons (Fsp3) is 0.571. The minimum absolute atomic E-state index is 0.307. The van der Waals surface area contributed by atoms with Crippen molar-refractivity contribution in [2.75, 3.05) is 13.1 Å². The van der Waals surface area contributed by atoms with E-state index in [-0.39, 0.29) is 6.10 Å². The van der Waals surface area contributed by atoms with Crippen molar-refractivity contribution in [3.63, 3.8) is 0 Å². The molecule has 0 aliphatic carbocycles. The van der Waals surface area contributed by atoms with E-state index in [1.165, 1.54) is 31.5 Å². The molecule has 2 rings (SSSR count). The van der Waals surface area contributed by atoms with Gasteiger partial charge in [0.05, 0.1) is 6.10 Å². The Morgan fingerprint density at radius 3 is 2.75 bits per heavy atom. The molecule has 1 unspecified atom stereocenters. The van der Waals surface area contributed by atoms with Crippen molar-refractivity contribution in [2.45, 2.75) is 38.8 Å². The maximum Gasteiger partial charge on any atom is 0.0787 e. The van der Waals surface area contributed by atoms with E-state index < -0.39 is 0 Å². The zero-order valence-electron chi connectivity index (χ0n) is 10.0. The quantitative estimate of drug-likeness (QED) is 0.841. The van der Waals surface area contributed by atoms with Crippen LogP contribution in [0.2, 0.25) is 0 Å². The lowest BCUT2D eigenvalue weighted by molar-refractivity contribution is 0.173. The minimum Gasteiger partial charge on any atom is -0.388 e. The molecule has 88 valence electrons. The molecule has 1 aliphatic heterocycles. The van der Waals surface area contributed by atoms with Gasteiger partial charge in [0.15, 0.2) is 0 Å². The summed E-state index contributed by atoms with van der Waals surface area (Å²) >= 11 is 0. The molecular formula is C14H21NO. The predicted octanol–water partition coefficient (Wildman–Crippen LogP) is 2.73. The highest BCUT2D eigenvalue weighted by molar-refractivity contribution is 5.25. The van der Waals surface area contributed by atoms with Crippen LogP contribution in [-0.4, -0.2) is 23.1 Å². The fourth-order valence-electron chi connectivity index (χ4n) is 2.33. The van der Waals surface area contributed by atoms with Gasteiger partial charge >= 0.3 is 0 Å². The Morgan fingerprint density at radius 1 is 1.31 bits per heavy atom. The van der Waals surface area contributed by atoms with Crippen LogP contribution in [0, 0.1) is 0 Å². The second-order valence-electron chi connectivity index (χ2n) is 4.65. The summed E-state index contributed by atoms with van der Waals surface area (Å²) in [5.74, 6) is 0. The molecule has 0 bridgehead atoms. The summed E-state index contributed by atoms with van der Waals surface area (Å²) < 4.78 is 0. The maximum atomic E-state index is 9.80. The van der Waals surface area contributed by atoms with Crippen molar-refractivity contribution in [3.05, 3.63) is 35.4 Å². The monoisotopic (exact) mass is 219 g/mol. The molecule has 1 N–H and O–H groups in total. The van der Waals surface area contributed by atoms with Gasteiger partial charge in [-0.05, 0) is 43.5 Å². The predicted molar refractivity (Wildman–Crippen MR) is 66.2 cm³/mol. The Kier molecular flexibility index (Phi) is 3.97. The highest BCUT2D eigenvalue weighted by atomic mass is 16.3. The fourth-order valence-corrected chi connectivity index (χ4v) is 2.33. The van der Waals surface area contributed by atoms with Gasteiger partial charge in [-0.1, -0.05) is 31.2 Å². The summed E-state index contributed by atoms with van der Waals surface area (Å²) in [6.07, 6.45) is 3.14. The van der Waals surface area contributed by atoms with Crippen LogP contribution in [-0.2, 0) is 6.54 Å². The molecule has 1 heterocycles. The third-order valence-electron chi connectivity index (χ3n) is 3.33. The molecule has 0 saturated carbocycles. The number of hydrogen-bond acceptors (Lipinski definition) is 2. The van der Waals surface area contributed by atoms with E-state index in [2.05, 4.69) is 23.1 Å². The number of aliphatic hydroxyl groups is 1. The molecule has 16 heavy (non-hydrogen) atoms. The van der Waals surface area contributed by atoms with Crippen molar-refractivity contribution >= 4 is 0 Å². The normalized spacial score (nSPS) is 18.9. The SMILES string of the molecule is CCC(O)c1cccc(CN2CCCC2)c1. The Balaban J connectivity index is 2.03. The van der Waals surface area contributed by atoms with Gasteiger partial charge in [0, 0.05) is 6.54 Å². The number of likely N-dealkylation sites (tertiary alicyclic amines) is 1. The van der Waals surface area contributed by atoms with Crippen LogP contribution in [0.5, 0.6) is 0 Å². The maximum absolute atomic E-state index is 9.80. The first-order valence-electron chi connectivity index (χ1n) is 6.29. The topological polar surface area (TPSA) is 23.5 Å². The van der Waals surface area contributed by atoms with Crippen LogP contribution in [0.25, 0.3) is 0 Å². The van der Waals surface area contributed by atoms with Gasteiger partial charge in [-0.15, -0.1) is 0 Å². The third-order valence-corrected chi connectivity index (χ3v) is 3.33. The van der Waals surface area contributed by atoms with Crippen LogP contribution in [0.1, 0.15) is 43.4 Å². The zero-order valence-corrected chi connectivity index (χ0v) is 10.0. The molecule has 1 aliphatic rings. The smallest absolute Gasteiger partial charge is 0.0787 e. The highest BCUT2D eigenvalue weighted by Gasteiger charge is 2.12. The number of rotatable bonds is 4. The van der Waals surface area contributed by atoms with E-state index in [4.69, 9.17) is 0 Å². The third kappa shape index (κ3) is 2.83. The molecule has 1 aromatic carbocycles. The summed E-state index contributed by atoms with van der Waals surface area (Å²) in [6, 6.07) is 8.37. The molecule has 0 amide bonds. The largest absolute Gasteiger partial charge is 0.388 e.